The lowest BCUT2D eigenvalue weighted by Gasteiger charge is -2.12. The van der Waals surface area contributed by atoms with Crippen molar-refractivity contribution >= 4 is 29.0 Å². The highest BCUT2D eigenvalue weighted by Gasteiger charge is 2.13. The fourth-order valence-corrected chi connectivity index (χ4v) is 2.15. The zero-order valence-corrected chi connectivity index (χ0v) is 12.6. The molecule has 0 bridgehead atoms. The van der Waals surface area contributed by atoms with Crippen LogP contribution in [0.2, 0.25) is 10.0 Å². The molecule has 0 fully saturated rings. The van der Waals surface area contributed by atoms with E-state index in [4.69, 9.17) is 23.2 Å². The zero-order chi connectivity index (χ0) is 14.0. The molecular weight excluding hydrogens is 281 g/mol. The van der Waals surface area contributed by atoms with Gasteiger partial charge in [-0.1, -0.05) is 29.3 Å². The maximum Gasteiger partial charge on any atom is 0.163 e. The van der Waals surface area contributed by atoms with Crippen LogP contribution < -0.4 is 5.32 Å². The van der Waals surface area contributed by atoms with Gasteiger partial charge in [0.05, 0.1) is 10.0 Å². The van der Waals surface area contributed by atoms with Crippen LogP contribution in [0.5, 0.6) is 0 Å². The highest BCUT2D eigenvalue weighted by atomic mass is 35.5. The smallest absolute Gasteiger partial charge is 0.163 e. The highest BCUT2D eigenvalue weighted by molar-refractivity contribution is 6.43. The van der Waals surface area contributed by atoms with Crippen LogP contribution in [0, 0.1) is 13.8 Å². The summed E-state index contributed by atoms with van der Waals surface area (Å²) in [4.78, 5) is 9.02. The maximum absolute atomic E-state index is 6.22. The summed E-state index contributed by atoms with van der Waals surface area (Å²) in [6.07, 6.45) is 0. The molecule has 0 aliphatic rings. The molecule has 3 nitrogen and oxygen atoms in total. The van der Waals surface area contributed by atoms with Crippen molar-refractivity contribution in [3.05, 3.63) is 39.5 Å². The average Bonchev–Trinajstić information content (AvgIpc) is 2.38. The molecular formula is C14H15Cl2N3. The minimum Gasteiger partial charge on any atom is -0.370 e. The minimum atomic E-state index is 0.481. The molecule has 2 aromatic rings. The van der Waals surface area contributed by atoms with Crippen molar-refractivity contribution in [3.63, 3.8) is 0 Å². The van der Waals surface area contributed by atoms with Crippen LogP contribution in [0.25, 0.3) is 11.4 Å². The summed E-state index contributed by atoms with van der Waals surface area (Å²) >= 11 is 12.2. The first-order chi connectivity index (χ1) is 9.04. The Bertz CT molecular complexity index is 612. The molecule has 2 rings (SSSR count). The second-order valence-corrected chi connectivity index (χ2v) is 5.02. The van der Waals surface area contributed by atoms with E-state index in [1.165, 1.54) is 0 Å². The van der Waals surface area contributed by atoms with Crippen LogP contribution in [-0.4, -0.2) is 16.5 Å². The Balaban J connectivity index is 2.59. The second-order valence-electron chi connectivity index (χ2n) is 4.24. The van der Waals surface area contributed by atoms with Crippen LogP contribution in [-0.2, 0) is 0 Å². The number of hydrogen-bond donors (Lipinski definition) is 1. The summed E-state index contributed by atoms with van der Waals surface area (Å²) in [5.74, 6) is 1.42. The molecule has 0 atom stereocenters. The standard InChI is InChI=1S/C14H15Cl2N3/c1-4-17-13-8(2)9(3)18-14(19-13)10-6-5-7-11(15)12(10)16/h5-7H,4H2,1-3H3,(H,17,18,19). The van der Waals surface area contributed by atoms with E-state index < -0.39 is 0 Å². The maximum atomic E-state index is 6.22. The first-order valence-electron chi connectivity index (χ1n) is 6.08. The molecule has 0 radical (unpaired) electrons. The van der Waals surface area contributed by atoms with Crippen LogP contribution in [0.3, 0.4) is 0 Å². The normalized spacial score (nSPS) is 10.6. The van der Waals surface area contributed by atoms with E-state index in [9.17, 15) is 0 Å². The number of rotatable bonds is 3. The van der Waals surface area contributed by atoms with E-state index >= 15 is 0 Å². The van der Waals surface area contributed by atoms with E-state index in [0.29, 0.717) is 15.9 Å². The summed E-state index contributed by atoms with van der Waals surface area (Å²) in [5.41, 5.74) is 2.72. The van der Waals surface area contributed by atoms with Crippen molar-refractivity contribution in [2.24, 2.45) is 0 Å². The van der Waals surface area contributed by atoms with Gasteiger partial charge in [0.15, 0.2) is 5.82 Å². The van der Waals surface area contributed by atoms with Crippen LogP contribution in [0.4, 0.5) is 5.82 Å². The predicted molar refractivity (Wildman–Crippen MR) is 81.1 cm³/mol. The lowest BCUT2D eigenvalue weighted by molar-refractivity contribution is 1.05. The Morgan fingerprint density at radius 2 is 1.89 bits per heavy atom. The van der Waals surface area contributed by atoms with Crippen LogP contribution in [0.1, 0.15) is 18.2 Å². The quantitative estimate of drug-likeness (QED) is 0.906. The molecule has 0 aliphatic carbocycles. The van der Waals surface area contributed by atoms with E-state index in [1.54, 1.807) is 6.07 Å². The van der Waals surface area contributed by atoms with Gasteiger partial charge in [-0.2, -0.15) is 0 Å². The number of halogens is 2. The Hall–Kier alpha value is -1.32. The van der Waals surface area contributed by atoms with Gasteiger partial charge in [0.25, 0.3) is 0 Å². The van der Waals surface area contributed by atoms with Gasteiger partial charge in [-0.15, -0.1) is 0 Å². The van der Waals surface area contributed by atoms with Gasteiger partial charge in [-0.3, -0.25) is 0 Å². The van der Waals surface area contributed by atoms with E-state index in [-0.39, 0.29) is 0 Å². The lowest BCUT2D eigenvalue weighted by atomic mass is 10.2. The van der Waals surface area contributed by atoms with Crippen molar-refractivity contribution in [1.29, 1.82) is 0 Å². The SMILES string of the molecule is CCNc1nc(-c2cccc(Cl)c2Cl)nc(C)c1C. The first-order valence-corrected chi connectivity index (χ1v) is 6.83. The number of aromatic nitrogens is 2. The molecule has 1 N–H and O–H groups in total. The number of anilines is 1. The van der Waals surface area contributed by atoms with Gasteiger partial charge in [0.1, 0.15) is 5.82 Å². The molecule has 1 aromatic carbocycles. The third kappa shape index (κ3) is 2.82. The number of nitrogens with one attached hydrogen (secondary N) is 1. The number of hydrogen-bond acceptors (Lipinski definition) is 3. The topological polar surface area (TPSA) is 37.8 Å². The highest BCUT2D eigenvalue weighted by Crippen LogP contribution is 2.32. The van der Waals surface area contributed by atoms with Gasteiger partial charge in [-0.05, 0) is 32.9 Å². The second kappa shape index (κ2) is 5.76. The Kier molecular flexibility index (Phi) is 4.27. The van der Waals surface area contributed by atoms with Crippen LogP contribution in [0.15, 0.2) is 18.2 Å². The molecule has 0 saturated heterocycles. The average molecular weight is 296 g/mol. The predicted octanol–water partition coefficient (Wildman–Crippen LogP) is 4.50. The number of benzene rings is 1. The molecule has 100 valence electrons. The first kappa shape index (κ1) is 14.1. The summed E-state index contributed by atoms with van der Waals surface area (Å²) in [6.45, 7) is 6.79. The van der Waals surface area contributed by atoms with Crippen LogP contribution >= 0.6 is 23.2 Å². The molecule has 1 aromatic heterocycles. The van der Waals surface area contributed by atoms with Crippen molar-refractivity contribution in [3.8, 4) is 11.4 Å². The Morgan fingerprint density at radius 1 is 1.16 bits per heavy atom. The van der Waals surface area contributed by atoms with Crippen molar-refractivity contribution in [1.82, 2.24) is 9.97 Å². The van der Waals surface area contributed by atoms with Gasteiger partial charge in [0.2, 0.25) is 0 Å². The third-order valence-electron chi connectivity index (χ3n) is 2.93. The lowest BCUT2D eigenvalue weighted by Crippen LogP contribution is -2.06. The Labute approximate surface area is 123 Å². The summed E-state index contributed by atoms with van der Waals surface area (Å²) in [6, 6.07) is 5.46. The monoisotopic (exact) mass is 295 g/mol. The number of nitrogens with zero attached hydrogens (tertiary/aromatic N) is 2. The zero-order valence-electron chi connectivity index (χ0n) is 11.1. The molecule has 5 heteroatoms. The summed E-state index contributed by atoms with van der Waals surface area (Å²) < 4.78 is 0. The third-order valence-corrected chi connectivity index (χ3v) is 3.74. The summed E-state index contributed by atoms with van der Waals surface area (Å²) in [7, 11) is 0. The Morgan fingerprint density at radius 3 is 2.58 bits per heavy atom. The summed E-state index contributed by atoms with van der Waals surface area (Å²) in [5, 5.41) is 4.22. The molecule has 19 heavy (non-hydrogen) atoms. The van der Waals surface area contributed by atoms with Gasteiger partial charge >= 0.3 is 0 Å². The van der Waals surface area contributed by atoms with Crippen molar-refractivity contribution in [2.75, 3.05) is 11.9 Å². The molecule has 0 unspecified atom stereocenters. The number of aryl methyl sites for hydroxylation is 1. The molecule has 1 heterocycles. The van der Waals surface area contributed by atoms with E-state index in [0.717, 1.165) is 29.2 Å². The fourth-order valence-electron chi connectivity index (χ4n) is 1.77. The van der Waals surface area contributed by atoms with Crippen molar-refractivity contribution < 1.29 is 0 Å². The van der Waals surface area contributed by atoms with Crippen molar-refractivity contribution in [2.45, 2.75) is 20.8 Å². The van der Waals surface area contributed by atoms with E-state index in [1.807, 2.05) is 32.9 Å². The van der Waals surface area contributed by atoms with Gasteiger partial charge in [0, 0.05) is 23.4 Å². The molecule has 0 amide bonds. The molecule has 0 spiro atoms. The molecule has 0 saturated carbocycles. The van der Waals surface area contributed by atoms with Gasteiger partial charge < -0.3 is 5.32 Å². The largest absolute Gasteiger partial charge is 0.370 e. The minimum absolute atomic E-state index is 0.481. The van der Waals surface area contributed by atoms with Gasteiger partial charge in [-0.25, -0.2) is 9.97 Å². The van der Waals surface area contributed by atoms with E-state index in [2.05, 4.69) is 15.3 Å². The molecule has 0 aliphatic heterocycles. The fraction of sp³-hybridized carbons (Fsp3) is 0.286.